The van der Waals surface area contributed by atoms with E-state index in [0.29, 0.717) is 5.56 Å². The summed E-state index contributed by atoms with van der Waals surface area (Å²) in [6.45, 7) is 4.24. The number of hydrogen-bond acceptors (Lipinski definition) is 9. The first-order chi connectivity index (χ1) is 19.7. The molecule has 1 aromatic carbocycles. The standard InChI is InChI=1S/C28H27N4O6S3/c1-15-21(20-12-30-14-29(11-19-5-4-10-40-19)26(39-3)27(30)41-20)24(31-23(15)22(16(2)33)25(31)34)28(35)38-13-17-6-8-18(9-7-17)32(36)37/h4-10,12,14-16,22-23,33H,11,13H2,1-3H3/q+1/t15-,16+,22+,23+/m0/s1. The lowest BCUT2D eigenvalue weighted by atomic mass is 9.77. The maximum absolute atomic E-state index is 13.6. The van der Waals surface area contributed by atoms with Crippen molar-refractivity contribution in [2.45, 2.75) is 44.2 Å². The van der Waals surface area contributed by atoms with E-state index in [4.69, 9.17) is 4.74 Å². The molecule has 6 rings (SSSR count). The highest BCUT2D eigenvalue weighted by atomic mass is 32.2. The summed E-state index contributed by atoms with van der Waals surface area (Å²) >= 11 is 4.92. The third-order valence-corrected chi connectivity index (χ3v) is 10.6. The van der Waals surface area contributed by atoms with Crippen LogP contribution in [0, 0.1) is 22.0 Å². The summed E-state index contributed by atoms with van der Waals surface area (Å²) in [5.74, 6) is -1.73. The third kappa shape index (κ3) is 4.66. The Morgan fingerprint density at radius 3 is 2.68 bits per heavy atom. The summed E-state index contributed by atoms with van der Waals surface area (Å²) < 4.78 is 9.92. The summed E-state index contributed by atoms with van der Waals surface area (Å²) in [5.41, 5.74) is 1.47. The molecule has 212 valence electrons. The highest BCUT2D eigenvalue weighted by Crippen LogP contribution is 2.52. The Morgan fingerprint density at radius 2 is 2.05 bits per heavy atom. The zero-order valence-corrected chi connectivity index (χ0v) is 24.9. The second kappa shape index (κ2) is 10.7. The topological polar surface area (TPSA) is 118 Å². The number of non-ortho nitro benzene ring substituents is 1. The maximum atomic E-state index is 13.6. The molecule has 1 N–H and O–H groups in total. The molecule has 2 aliphatic rings. The van der Waals surface area contributed by atoms with Gasteiger partial charge in [0.15, 0.2) is 0 Å². The summed E-state index contributed by atoms with van der Waals surface area (Å²) in [6.07, 6.45) is 5.23. The van der Waals surface area contributed by atoms with Crippen LogP contribution in [-0.4, -0.2) is 49.6 Å². The lowest BCUT2D eigenvalue weighted by Crippen LogP contribution is -2.63. The first-order valence-electron chi connectivity index (χ1n) is 13.0. The smallest absolute Gasteiger partial charge is 0.355 e. The highest BCUT2D eigenvalue weighted by Gasteiger charge is 2.60. The molecule has 0 unspecified atom stereocenters. The summed E-state index contributed by atoms with van der Waals surface area (Å²) in [7, 11) is 0. The molecule has 0 bridgehead atoms. The lowest BCUT2D eigenvalue weighted by Gasteiger charge is -2.46. The van der Waals surface area contributed by atoms with E-state index in [1.807, 2.05) is 31.8 Å². The van der Waals surface area contributed by atoms with Gasteiger partial charge in [-0.05, 0) is 42.3 Å². The number of ether oxygens (including phenoxy) is 1. The number of carbonyl (C=O) groups excluding carboxylic acids is 2. The predicted octanol–water partition coefficient (Wildman–Crippen LogP) is 4.34. The maximum Gasteiger partial charge on any atom is 0.355 e. The van der Waals surface area contributed by atoms with Gasteiger partial charge >= 0.3 is 5.97 Å². The normalized spacial score (nSPS) is 20.8. The molecule has 0 radical (unpaired) electrons. The van der Waals surface area contributed by atoms with Crippen molar-refractivity contribution in [2.75, 3.05) is 6.26 Å². The fourth-order valence-electron chi connectivity index (χ4n) is 5.76. The quantitative estimate of drug-likeness (QED) is 0.0747. The molecule has 0 aliphatic carbocycles. The predicted molar refractivity (Wildman–Crippen MR) is 155 cm³/mol. The number of thiophene rings is 1. The van der Waals surface area contributed by atoms with Gasteiger partial charge in [0, 0.05) is 28.5 Å². The first kappa shape index (κ1) is 27.6. The molecular formula is C28H27N4O6S3+. The van der Waals surface area contributed by atoms with Crippen molar-refractivity contribution in [3.05, 3.63) is 85.4 Å². The molecule has 0 saturated carbocycles. The molecule has 10 nitrogen and oxygen atoms in total. The van der Waals surface area contributed by atoms with Gasteiger partial charge in [0.1, 0.15) is 25.0 Å². The van der Waals surface area contributed by atoms with Crippen molar-refractivity contribution in [2.24, 2.45) is 11.8 Å². The molecule has 4 aromatic rings. The number of fused-ring (bicyclic) bond motifs is 2. The highest BCUT2D eigenvalue weighted by molar-refractivity contribution is 7.98. The first-order valence-corrected chi connectivity index (χ1v) is 15.9. The number of rotatable bonds is 9. The number of nitrogens with zero attached hydrogens (tertiary/aromatic N) is 4. The number of thioether (sulfide) groups is 1. The van der Waals surface area contributed by atoms with Gasteiger partial charge in [-0.15, -0.1) is 11.3 Å². The van der Waals surface area contributed by atoms with Gasteiger partial charge in [0.05, 0.1) is 27.9 Å². The van der Waals surface area contributed by atoms with Crippen LogP contribution in [0.1, 0.15) is 29.2 Å². The number of esters is 1. The van der Waals surface area contributed by atoms with E-state index in [0.717, 1.165) is 26.9 Å². The van der Waals surface area contributed by atoms with Crippen molar-refractivity contribution >= 4 is 62.4 Å². The second-order valence-corrected chi connectivity index (χ2v) is 13.0. The molecule has 4 atom stereocenters. The van der Waals surface area contributed by atoms with Crippen LogP contribution in [0.4, 0.5) is 5.69 Å². The number of aliphatic hydroxyl groups excluding tert-OH is 1. The van der Waals surface area contributed by atoms with E-state index in [1.165, 1.54) is 34.0 Å². The average Bonchev–Trinajstić information content (AvgIpc) is 3.70. The van der Waals surface area contributed by atoms with Gasteiger partial charge < -0.3 is 14.7 Å². The number of nitro groups is 1. The Bertz CT molecular complexity index is 1690. The number of benzene rings is 1. The minimum absolute atomic E-state index is 0.0525. The number of thiazole rings is 1. The van der Waals surface area contributed by atoms with E-state index in [2.05, 4.69) is 20.4 Å². The SMILES string of the molecule is CSc1c2sc(C3=C(C(=O)OCc4ccc([N+](=O)[O-])cc4)N4C(=O)[C@H]([C@@H](C)O)[C@H]4[C@H]3C)cn2c[n+]1Cc1cccs1. The number of nitro benzene ring substituents is 1. The van der Waals surface area contributed by atoms with Crippen LogP contribution in [0.25, 0.3) is 10.4 Å². The molecular weight excluding hydrogens is 585 g/mol. The molecule has 1 fully saturated rings. The van der Waals surface area contributed by atoms with Crippen molar-refractivity contribution in [3.63, 3.8) is 0 Å². The Morgan fingerprint density at radius 1 is 1.29 bits per heavy atom. The van der Waals surface area contributed by atoms with Crippen LogP contribution in [0.3, 0.4) is 0 Å². The average molecular weight is 612 g/mol. The fourth-order valence-corrected chi connectivity index (χ4v) is 8.64. The van der Waals surface area contributed by atoms with Crippen molar-refractivity contribution in [3.8, 4) is 0 Å². The minimum Gasteiger partial charge on any atom is -0.456 e. The van der Waals surface area contributed by atoms with Crippen molar-refractivity contribution in [1.29, 1.82) is 0 Å². The van der Waals surface area contributed by atoms with E-state index in [-0.39, 0.29) is 35.9 Å². The molecule has 1 amide bonds. The number of aliphatic hydroxyl groups is 1. The van der Waals surface area contributed by atoms with Crippen molar-refractivity contribution < 1.29 is 28.9 Å². The Kier molecular flexibility index (Phi) is 7.22. The summed E-state index contributed by atoms with van der Waals surface area (Å²) in [5, 5.41) is 24.5. The van der Waals surface area contributed by atoms with E-state index >= 15 is 0 Å². The molecule has 41 heavy (non-hydrogen) atoms. The van der Waals surface area contributed by atoms with Crippen LogP contribution < -0.4 is 4.57 Å². The Hall–Kier alpha value is -3.52. The number of carbonyl (C=O) groups is 2. The Labute approximate surface area is 247 Å². The number of aromatic nitrogens is 2. The lowest BCUT2D eigenvalue weighted by molar-refractivity contribution is -0.721. The molecule has 2 aliphatic heterocycles. The van der Waals surface area contributed by atoms with Gasteiger partial charge in [-0.25, -0.2) is 9.36 Å². The van der Waals surface area contributed by atoms with Gasteiger partial charge in [-0.1, -0.05) is 36.1 Å². The van der Waals surface area contributed by atoms with E-state index in [1.54, 1.807) is 41.4 Å². The van der Waals surface area contributed by atoms with Crippen LogP contribution >= 0.6 is 34.4 Å². The number of amides is 1. The monoisotopic (exact) mass is 611 g/mol. The van der Waals surface area contributed by atoms with E-state index < -0.39 is 22.9 Å². The van der Waals surface area contributed by atoms with Gasteiger partial charge in [0.2, 0.25) is 15.8 Å². The van der Waals surface area contributed by atoms with Crippen LogP contribution in [0.5, 0.6) is 0 Å². The van der Waals surface area contributed by atoms with E-state index in [9.17, 15) is 24.8 Å². The van der Waals surface area contributed by atoms with Crippen LogP contribution in [0.15, 0.2) is 65.0 Å². The number of imidazole rings is 1. The second-order valence-electron chi connectivity index (χ2n) is 10.2. The van der Waals surface area contributed by atoms with Crippen LogP contribution in [-0.2, 0) is 27.5 Å². The largest absolute Gasteiger partial charge is 0.456 e. The molecule has 5 heterocycles. The fraction of sp³-hybridized carbons (Fsp3) is 0.321. The summed E-state index contributed by atoms with van der Waals surface area (Å²) in [4.78, 5) is 41.9. The van der Waals surface area contributed by atoms with Gasteiger partial charge in [-0.2, -0.15) is 4.40 Å². The minimum atomic E-state index is -0.846. The van der Waals surface area contributed by atoms with Crippen molar-refractivity contribution in [1.82, 2.24) is 9.30 Å². The third-order valence-electron chi connectivity index (χ3n) is 7.65. The molecule has 1 saturated heterocycles. The summed E-state index contributed by atoms with van der Waals surface area (Å²) in [6, 6.07) is 9.60. The zero-order valence-electron chi connectivity index (χ0n) is 22.4. The van der Waals surface area contributed by atoms with Gasteiger partial charge in [0.25, 0.3) is 12.0 Å². The molecule has 13 heteroatoms. The number of β-lactam (4-membered cyclic amide) rings is 1. The zero-order chi connectivity index (χ0) is 29.0. The van der Waals surface area contributed by atoms with Gasteiger partial charge in [-0.3, -0.25) is 14.9 Å². The number of hydrogen-bond donors (Lipinski definition) is 1. The van der Waals surface area contributed by atoms with Crippen LogP contribution in [0.2, 0.25) is 0 Å². The Balaban J connectivity index is 1.35. The molecule has 0 spiro atoms. The molecule has 3 aromatic heterocycles.